The van der Waals surface area contributed by atoms with Crippen molar-refractivity contribution in [3.8, 4) is 11.8 Å². The van der Waals surface area contributed by atoms with E-state index in [0.717, 1.165) is 24.4 Å². The molecule has 8 heteroatoms. The fraction of sp³-hybridized carbons (Fsp3) is 0.318. The van der Waals surface area contributed by atoms with Crippen LogP contribution in [0, 0.1) is 31.6 Å². The first kappa shape index (κ1) is 19.7. The van der Waals surface area contributed by atoms with Gasteiger partial charge in [-0.1, -0.05) is 11.8 Å². The maximum absolute atomic E-state index is 12.4. The molecule has 3 aromatic heterocycles. The lowest BCUT2D eigenvalue weighted by molar-refractivity contribution is 0.0944. The number of hydrogen-bond donors (Lipinski definition) is 2. The summed E-state index contributed by atoms with van der Waals surface area (Å²) >= 11 is 0. The normalized spacial score (nSPS) is 15.6. The van der Waals surface area contributed by atoms with Crippen molar-refractivity contribution in [3.63, 3.8) is 0 Å². The Labute approximate surface area is 174 Å². The number of carbonyl (C=O) groups is 1. The zero-order valence-electron chi connectivity index (χ0n) is 16.9. The summed E-state index contributed by atoms with van der Waals surface area (Å²) in [6.45, 7) is 5.81. The van der Waals surface area contributed by atoms with Crippen molar-refractivity contribution in [1.82, 2.24) is 25.3 Å². The van der Waals surface area contributed by atoms with Crippen molar-refractivity contribution < 1.29 is 9.53 Å². The van der Waals surface area contributed by atoms with Gasteiger partial charge >= 0.3 is 0 Å². The first-order valence-electron chi connectivity index (χ1n) is 9.73. The Balaban J connectivity index is 1.59. The van der Waals surface area contributed by atoms with Gasteiger partial charge in [0.05, 0.1) is 35.3 Å². The van der Waals surface area contributed by atoms with E-state index in [1.54, 1.807) is 18.5 Å². The molecule has 0 aliphatic carbocycles. The molecule has 1 unspecified atom stereocenters. The molecule has 1 saturated heterocycles. The molecule has 8 nitrogen and oxygen atoms in total. The highest BCUT2D eigenvalue weighted by molar-refractivity contribution is 5.94. The highest BCUT2D eigenvalue weighted by Gasteiger charge is 2.17. The predicted molar refractivity (Wildman–Crippen MR) is 113 cm³/mol. The van der Waals surface area contributed by atoms with Gasteiger partial charge in [-0.15, -0.1) is 0 Å². The third-order valence-corrected chi connectivity index (χ3v) is 5.06. The molecular formula is C22H22N6O2. The average molecular weight is 402 g/mol. The molecule has 4 heterocycles. The van der Waals surface area contributed by atoms with Gasteiger partial charge in [-0.25, -0.2) is 15.0 Å². The van der Waals surface area contributed by atoms with Crippen molar-refractivity contribution in [2.75, 3.05) is 25.5 Å². The predicted octanol–water partition coefficient (Wildman–Crippen LogP) is 1.78. The topological polar surface area (TPSA) is 116 Å². The molecule has 1 aliphatic rings. The van der Waals surface area contributed by atoms with Crippen molar-refractivity contribution in [1.29, 1.82) is 0 Å². The SMILES string of the molecule is Cc1nc2cnc(N)c(C#Cc3cncc(C(=O)NCC4CCOC4)c3)c2nc1C. The van der Waals surface area contributed by atoms with Gasteiger partial charge in [0.25, 0.3) is 5.91 Å². The van der Waals surface area contributed by atoms with Gasteiger partial charge in [0.1, 0.15) is 16.9 Å². The van der Waals surface area contributed by atoms with E-state index < -0.39 is 0 Å². The van der Waals surface area contributed by atoms with Gasteiger partial charge in [-0.3, -0.25) is 9.78 Å². The second-order valence-electron chi connectivity index (χ2n) is 7.30. The summed E-state index contributed by atoms with van der Waals surface area (Å²) < 4.78 is 5.34. The first-order valence-corrected chi connectivity index (χ1v) is 9.73. The van der Waals surface area contributed by atoms with Crippen LogP contribution in [0.2, 0.25) is 0 Å². The molecule has 30 heavy (non-hydrogen) atoms. The minimum atomic E-state index is -0.179. The lowest BCUT2D eigenvalue weighted by Gasteiger charge is -2.09. The van der Waals surface area contributed by atoms with E-state index in [9.17, 15) is 4.79 Å². The minimum Gasteiger partial charge on any atom is -0.383 e. The molecule has 3 aromatic rings. The van der Waals surface area contributed by atoms with Crippen LogP contribution < -0.4 is 11.1 Å². The van der Waals surface area contributed by atoms with E-state index in [1.165, 1.54) is 6.20 Å². The lowest BCUT2D eigenvalue weighted by Crippen LogP contribution is -2.29. The van der Waals surface area contributed by atoms with Crippen LogP contribution in [-0.2, 0) is 4.74 Å². The van der Waals surface area contributed by atoms with Gasteiger partial charge in [0.15, 0.2) is 0 Å². The summed E-state index contributed by atoms with van der Waals surface area (Å²) in [4.78, 5) is 29.8. The van der Waals surface area contributed by atoms with E-state index >= 15 is 0 Å². The number of fused-ring (bicyclic) bond motifs is 1. The molecule has 0 bridgehead atoms. The summed E-state index contributed by atoms with van der Waals surface area (Å²) in [7, 11) is 0. The average Bonchev–Trinajstić information content (AvgIpc) is 3.26. The molecule has 1 amide bonds. The first-order chi connectivity index (χ1) is 14.5. The molecule has 0 radical (unpaired) electrons. The number of nitrogens with two attached hydrogens (primary N) is 1. The molecule has 0 aromatic carbocycles. The van der Waals surface area contributed by atoms with Gasteiger partial charge in [-0.05, 0) is 26.3 Å². The lowest BCUT2D eigenvalue weighted by atomic mass is 10.1. The Bertz CT molecular complexity index is 1180. The molecule has 1 atom stereocenters. The maximum atomic E-state index is 12.4. The number of hydrogen-bond acceptors (Lipinski definition) is 7. The van der Waals surface area contributed by atoms with Crippen LogP contribution in [0.15, 0.2) is 24.7 Å². The molecule has 1 fully saturated rings. The largest absolute Gasteiger partial charge is 0.383 e. The summed E-state index contributed by atoms with van der Waals surface area (Å²) in [5, 5.41) is 2.93. The molecule has 4 rings (SSSR count). The highest BCUT2D eigenvalue weighted by atomic mass is 16.5. The number of aromatic nitrogens is 4. The van der Waals surface area contributed by atoms with Crippen LogP contribution in [0.5, 0.6) is 0 Å². The monoisotopic (exact) mass is 402 g/mol. The standard InChI is InChI=1S/C22H22N6O2/c1-13-14(2)28-20-18(21(23)25-11-19(20)27-13)4-3-15-7-17(10-24-8-15)22(29)26-9-16-5-6-30-12-16/h7-8,10-11,16H,5-6,9,12H2,1-2H3,(H2,23,25)(H,26,29). The van der Waals surface area contributed by atoms with Gasteiger partial charge < -0.3 is 15.8 Å². The smallest absolute Gasteiger partial charge is 0.252 e. The summed E-state index contributed by atoms with van der Waals surface area (Å²) in [6, 6.07) is 1.70. The highest BCUT2D eigenvalue weighted by Crippen LogP contribution is 2.19. The van der Waals surface area contributed by atoms with Crippen LogP contribution in [0.1, 0.15) is 39.3 Å². The molecule has 152 valence electrons. The number of pyridine rings is 2. The molecule has 1 aliphatic heterocycles. The van der Waals surface area contributed by atoms with Crippen LogP contribution in [-0.4, -0.2) is 45.6 Å². The van der Waals surface area contributed by atoms with E-state index in [2.05, 4.69) is 37.1 Å². The second-order valence-corrected chi connectivity index (χ2v) is 7.30. The number of amides is 1. The Hall–Kier alpha value is -3.57. The van der Waals surface area contributed by atoms with Crippen LogP contribution in [0.3, 0.4) is 0 Å². The van der Waals surface area contributed by atoms with Gasteiger partial charge in [-0.2, -0.15) is 0 Å². The maximum Gasteiger partial charge on any atom is 0.252 e. The second kappa shape index (κ2) is 8.43. The van der Waals surface area contributed by atoms with Crippen molar-refractivity contribution >= 4 is 22.8 Å². The molecule has 3 N–H and O–H groups in total. The number of nitrogens with one attached hydrogen (secondary N) is 1. The number of anilines is 1. The third-order valence-electron chi connectivity index (χ3n) is 5.06. The van der Waals surface area contributed by atoms with E-state index in [4.69, 9.17) is 10.5 Å². The summed E-state index contributed by atoms with van der Waals surface area (Å²) in [5.41, 5.74) is 10.5. The number of nitrogens with zero attached hydrogens (tertiary/aromatic N) is 4. The Morgan fingerprint density at radius 1 is 1.23 bits per heavy atom. The quantitative estimate of drug-likeness (QED) is 0.642. The number of rotatable bonds is 3. The van der Waals surface area contributed by atoms with Crippen LogP contribution >= 0.6 is 0 Å². The van der Waals surface area contributed by atoms with Crippen molar-refractivity contribution in [3.05, 3.63) is 52.7 Å². The van der Waals surface area contributed by atoms with E-state index in [0.29, 0.717) is 46.8 Å². The van der Waals surface area contributed by atoms with E-state index in [1.807, 2.05) is 13.8 Å². The fourth-order valence-electron chi connectivity index (χ4n) is 3.18. The number of carbonyl (C=O) groups excluding carboxylic acids is 1. The Morgan fingerprint density at radius 3 is 2.87 bits per heavy atom. The Kier molecular flexibility index (Phi) is 5.55. The van der Waals surface area contributed by atoms with Gasteiger partial charge in [0.2, 0.25) is 0 Å². The summed E-state index contributed by atoms with van der Waals surface area (Å²) in [6.07, 6.45) is 5.69. The van der Waals surface area contributed by atoms with Crippen molar-refractivity contribution in [2.45, 2.75) is 20.3 Å². The van der Waals surface area contributed by atoms with Crippen molar-refractivity contribution in [2.24, 2.45) is 5.92 Å². The zero-order valence-corrected chi connectivity index (χ0v) is 16.9. The van der Waals surface area contributed by atoms with Gasteiger partial charge in [0, 0.05) is 37.0 Å². The Morgan fingerprint density at radius 2 is 2.07 bits per heavy atom. The molecule has 0 spiro atoms. The zero-order chi connectivity index (χ0) is 21.1. The molecular weight excluding hydrogens is 380 g/mol. The number of aryl methyl sites for hydroxylation is 2. The third kappa shape index (κ3) is 4.21. The minimum absolute atomic E-state index is 0.179. The fourth-order valence-corrected chi connectivity index (χ4v) is 3.18. The van der Waals surface area contributed by atoms with Crippen LogP contribution in [0.25, 0.3) is 11.0 Å². The van der Waals surface area contributed by atoms with Crippen LogP contribution in [0.4, 0.5) is 5.82 Å². The molecule has 0 saturated carbocycles. The number of nitrogen functional groups attached to an aromatic ring is 1. The van der Waals surface area contributed by atoms with E-state index in [-0.39, 0.29) is 11.7 Å². The number of ether oxygens (including phenoxy) is 1. The summed E-state index contributed by atoms with van der Waals surface area (Å²) in [5.74, 6) is 6.52.